The monoisotopic (exact) mass is 312 g/mol. The quantitative estimate of drug-likeness (QED) is 0.757. The second-order valence-corrected chi connectivity index (χ2v) is 5.79. The number of hydrogen-bond donors (Lipinski definition) is 1. The van der Waals surface area contributed by atoms with E-state index in [9.17, 15) is 4.79 Å². The number of amides is 1. The van der Waals surface area contributed by atoms with E-state index in [4.69, 9.17) is 4.42 Å². The lowest BCUT2D eigenvalue weighted by Gasteiger charge is -2.17. The molecule has 2 aromatic heterocycles. The number of aromatic nitrogens is 1. The zero-order valence-electron chi connectivity index (χ0n) is 11.9. The third-order valence-corrected chi connectivity index (χ3v) is 4.16. The second-order valence-electron chi connectivity index (χ2n) is 4.86. The molecule has 1 N–H and O–H groups in total. The summed E-state index contributed by atoms with van der Waals surface area (Å²) in [7, 11) is 0. The molecule has 1 amide bonds. The number of aryl methyl sites for hydroxylation is 1. The first-order chi connectivity index (χ1) is 10.8. The van der Waals surface area contributed by atoms with E-state index in [1.54, 1.807) is 12.5 Å². The molecule has 0 aliphatic carbocycles. The second kappa shape index (κ2) is 7.04. The van der Waals surface area contributed by atoms with Crippen LogP contribution < -0.4 is 5.32 Å². The number of benzene rings is 1. The number of thiazole rings is 1. The molecule has 0 aliphatic rings. The molecule has 0 radical (unpaired) electrons. The van der Waals surface area contributed by atoms with Crippen LogP contribution in [0.1, 0.15) is 28.8 Å². The van der Waals surface area contributed by atoms with Crippen molar-refractivity contribution >= 4 is 17.2 Å². The smallest absolute Gasteiger partial charge is 0.221 e. The van der Waals surface area contributed by atoms with Gasteiger partial charge in [-0.3, -0.25) is 4.79 Å². The van der Waals surface area contributed by atoms with Crippen LogP contribution >= 0.6 is 11.3 Å². The molecule has 0 fully saturated rings. The molecule has 2 heterocycles. The van der Waals surface area contributed by atoms with Crippen molar-refractivity contribution in [1.29, 1.82) is 0 Å². The van der Waals surface area contributed by atoms with Gasteiger partial charge in [-0.15, -0.1) is 11.3 Å². The normalized spacial score (nSPS) is 12.0. The fraction of sp³-hybridized carbons (Fsp3) is 0.176. The predicted molar refractivity (Wildman–Crippen MR) is 85.6 cm³/mol. The highest BCUT2D eigenvalue weighted by Gasteiger charge is 2.19. The standard InChI is InChI=1S/C17H16N2O2S/c20-15(9-8-14-7-4-11-21-14)19-16(17-18-10-12-22-17)13-5-2-1-3-6-13/h1-7,10-12,16H,8-9H2,(H,19,20). The van der Waals surface area contributed by atoms with E-state index >= 15 is 0 Å². The average Bonchev–Trinajstić information content (AvgIpc) is 3.25. The summed E-state index contributed by atoms with van der Waals surface area (Å²) in [5.74, 6) is 0.807. The summed E-state index contributed by atoms with van der Waals surface area (Å²) in [5.41, 5.74) is 1.03. The van der Waals surface area contributed by atoms with E-state index < -0.39 is 0 Å². The highest BCUT2D eigenvalue weighted by atomic mass is 32.1. The van der Waals surface area contributed by atoms with Crippen LogP contribution in [0.5, 0.6) is 0 Å². The van der Waals surface area contributed by atoms with Gasteiger partial charge in [-0.05, 0) is 17.7 Å². The van der Waals surface area contributed by atoms with E-state index in [-0.39, 0.29) is 11.9 Å². The molecular weight excluding hydrogens is 296 g/mol. The van der Waals surface area contributed by atoms with Gasteiger partial charge in [0.05, 0.1) is 6.26 Å². The van der Waals surface area contributed by atoms with Crippen molar-refractivity contribution in [2.24, 2.45) is 0 Å². The Morgan fingerprint density at radius 2 is 2.09 bits per heavy atom. The maximum atomic E-state index is 12.2. The zero-order valence-corrected chi connectivity index (χ0v) is 12.8. The van der Waals surface area contributed by atoms with Crippen molar-refractivity contribution in [1.82, 2.24) is 10.3 Å². The molecule has 1 aromatic carbocycles. The number of rotatable bonds is 6. The van der Waals surface area contributed by atoms with Crippen molar-refractivity contribution in [2.45, 2.75) is 18.9 Å². The molecule has 0 bridgehead atoms. The van der Waals surface area contributed by atoms with Crippen LogP contribution in [0.3, 0.4) is 0 Å². The Bertz CT molecular complexity index is 694. The van der Waals surface area contributed by atoms with Crippen LogP contribution in [-0.4, -0.2) is 10.9 Å². The maximum Gasteiger partial charge on any atom is 0.221 e. The molecule has 3 aromatic rings. The molecule has 1 unspecified atom stereocenters. The highest BCUT2D eigenvalue weighted by molar-refractivity contribution is 7.09. The Labute approximate surface area is 132 Å². The fourth-order valence-electron chi connectivity index (χ4n) is 2.23. The van der Waals surface area contributed by atoms with E-state index in [0.29, 0.717) is 12.8 Å². The van der Waals surface area contributed by atoms with Gasteiger partial charge in [0.15, 0.2) is 0 Å². The van der Waals surface area contributed by atoms with Gasteiger partial charge in [0, 0.05) is 24.4 Å². The first kappa shape index (κ1) is 14.5. The van der Waals surface area contributed by atoms with Gasteiger partial charge in [-0.1, -0.05) is 30.3 Å². The topological polar surface area (TPSA) is 55.1 Å². The number of furan rings is 1. The molecule has 0 saturated carbocycles. The molecule has 22 heavy (non-hydrogen) atoms. The first-order valence-electron chi connectivity index (χ1n) is 7.09. The first-order valence-corrected chi connectivity index (χ1v) is 7.97. The average molecular weight is 312 g/mol. The summed E-state index contributed by atoms with van der Waals surface area (Å²) in [6.07, 6.45) is 4.36. The third kappa shape index (κ3) is 3.62. The SMILES string of the molecule is O=C(CCc1ccco1)NC(c1ccccc1)c1nccs1. The molecule has 112 valence electrons. The molecule has 1 atom stereocenters. The Morgan fingerprint density at radius 1 is 1.23 bits per heavy atom. The Morgan fingerprint density at radius 3 is 2.77 bits per heavy atom. The van der Waals surface area contributed by atoms with E-state index in [0.717, 1.165) is 16.3 Å². The minimum atomic E-state index is -0.203. The van der Waals surface area contributed by atoms with Gasteiger partial charge < -0.3 is 9.73 Å². The summed E-state index contributed by atoms with van der Waals surface area (Å²) in [6.45, 7) is 0. The number of carbonyl (C=O) groups is 1. The lowest BCUT2D eigenvalue weighted by Crippen LogP contribution is -2.29. The Balaban J connectivity index is 1.69. The van der Waals surface area contributed by atoms with Gasteiger partial charge in [0.25, 0.3) is 0 Å². The largest absolute Gasteiger partial charge is 0.469 e. The van der Waals surface area contributed by atoms with Crippen LogP contribution in [0, 0.1) is 0 Å². The van der Waals surface area contributed by atoms with Crippen LogP contribution in [-0.2, 0) is 11.2 Å². The number of hydrogen-bond acceptors (Lipinski definition) is 4. The summed E-state index contributed by atoms with van der Waals surface area (Å²) in [4.78, 5) is 16.6. The lowest BCUT2D eigenvalue weighted by atomic mass is 10.1. The number of carbonyl (C=O) groups excluding carboxylic acids is 1. The molecule has 0 spiro atoms. The van der Waals surface area contributed by atoms with Crippen LogP contribution in [0.2, 0.25) is 0 Å². The van der Waals surface area contributed by atoms with Gasteiger partial charge in [-0.2, -0.15) is 0 Å². The van der Waals surface area contributed by atoms with Crippen molar-refractivity contribution in [3.8, 4) is 0 Å². The van der Waals surface area contributed by atoms with Crippen molar-refractivity contribution in [3.63, 3.8) is 0 Å². The Kier molecular flexibility index (Phi) is 4.65. The van der Waals surface area contributed by atoms with Crippen molar-refractivity contribution < 1.29 is 9.21 Å². The summed E-state index contributed by atoms with van der Waals surface area (Å²) < 4.78 is 5.26. The van der Waals surface area contributed by atoms with Crippen LogP contribution in [0.4, 0.5) is 0 Å². The van der Waals surface area contributed by atoms with Gasteiger partial charge >= 0.3 is 0 Å². The van der Waals surface area contributed by atoms with Crippen molar-refractivity contribution in [2.75, 3.05) is 0 Å². The molecule has 0 aliphatic heterocycles. The zero-order chi connectivity index (χ0) is 15.2. The Hall–Kier alpha value is -2.40. The minimum Gasteiger partial charge on any atom is -0.469 e. The van der Waals surface area contributed by atoms with Crippen LogP contribution in [0.25, 0.3) is 0 Å². The molecule has 5 heteroatoms. The predicted octanol–water partition coefficient (Wildman–Crippen LogP) is 3.57. The van der Waals surface area contributed by atoms with Gasteiger partial charge in [-0.25, -0.2) is 4.98 Å². The summed E-state index contributed by atoms with van der Waals surface area (Å²) >= 11 is 1.54. The summed E-state index contributed by atoms with van der Waals surface area (Å²) in [5, 5.41) is 5.87. The van der Waals surface area contributed by atoms with Crippen LogP contribution in [0.15, 0.2) is 64.7 Å². The van der Waals surface area contributed by atoms with Gasteiger partial charge in [0.2, 0.25) is 5.91 Å². The summed E-state index contributed by atoms with van der Waals surface area (Å²) in [6, 6.07) is 13.4. The fourth-order valence-corrected chi connectivity index (χ4v) is 2.95. The van der Waals surface area contributed by atoms with E-state index in [2.05, 4.69) is 10.3 Å². The number of nitrogens with zero attached hydrogens (tertiary/aromatic N) is 1. The van der Waals surface area contributed by atoms with Gasteiger partial charge in [0.1, 0.15) is 16.8 Å². The van der Waals surface area contributed by atoms with Crippen molar-refractivity contribution in [3.05, 3.63) is 76.6 Å². The lowest BCUT2D eigenvalue weighted by molar-refractivity contribution is -0.121. The third-order valence-electron chi connectivity index (χ3n) is 3.32. The molecular formula is C17H16N2O2S. The molecule has 3 rings (SSSR count). The van der Waals surface area contributed by atoms with E-state index in [1.165, 1.54) is 11.3 Å². The maximum absolute atomic E-state index is 12.2. The molecule has 4 nitrogen and oxygen atoms in total. The molecule has 0 saturated heterocycles. The highest BCUT2D eigenvalue weighted by Crippen LogP contribution is 2.23. The minimum absolute atomic E-state index is 0.0135. The number of nitrogens with one attached hydrogen (secondary N) is 1. The van der Waals surface area contributed by atoms with E-state index in [1.807, 2.05) is 47.8 Å².